The summed E-state index contributed by atoms with van der Waals surface area (Å²) in [6.45, 7) is 0.426. The molecule has 0 radical (unpaired) electrons. The van der Waals surface area contributed by atoms with Gasteiger partial charge in [-0.3, -0.25) is 9.78 Å². The zero-order valence-corrected chi connectivity index (χ0v) is 11.6. The van der Waals surface area contributed by atoms with Gasteiger partial charge in [-0.2, -0.15) is 0 Å². The summed E-state index contributed by atoms with van der Waals surface area (Å²) >= 11 is 1.30. The van der Waals surface area contributed by atoms with Gasteiger partial charge in [-0.1, -0.05) is 17.4 Å². The highest BCUT2D eigenvalue weighted by atomic mass is 32.1. The number of rotatable bonds is 5. The Hall–Kier alpha value is -2.15. The summed E-state index contributed by atoms with van der Waals surface area (Å²) < 4.78 is 0. The first-order chi connectivity index (χ1) is 9.72. The molecule has 3 rings (SSSR count). The largest absolute Gasteiger partial charge is 0.382 e. The second-order valence-corrected chi connectivity index (χ2v) is 5.70. The maximum absolute atomic E-state index is 12.1. The highest BCUT2D eigenvalue weighted by Crippen LogP contribution is 2.30. The predicted molar refractivity (Wildman–Crippen MR) is 78.6 cm³/mol. The fourth-order valence-electron chi connectivity index (χ4n) is 1.72. The summed E-state index contributed by atoms with van der Waals surface area (Å²) in [5.41, 5.74) is 6.74. The summed E-state index contributed by atoms with van der Waals surface area (Å²) in [7, 11) is 0. The SMILES string of the molecule is Nc1nc(NC2CC2)sc1C(=O)NCc1cccnc1. The molecule has 1 fully saturated rings. The molecule has 2 aromatic rings. The molecule has 0 aromatic carbocycles. The van der Waals surface area contributed by atoms with Gasteiger partial charge < -0.3 is 16.4 Å². The van der Waals surface area contributed by atoms with E-state index in [0.717, 1.165) is 23.5 Å². The Kier molecular flexibility index (Phi) is 3.51. The fourth-order valence-corrected chi connectivity index (χ4v) is 2.60. The van der Waals surface area contributed by atoms with Crippen LogP contribution in [0.15, 0.2) is 24.5 Å². The van der Waals surface area contributed by atoms with E-state index in [1.807, 2.05) is 12.1 Å². The molecule has 0 spiro atoms. The maximum atomic E-state index is 12.1. The van der Waals surface area contributed by atoms with E-state index >= 15 is 0 Å². The third-order valence-electron chi connectivity index (χ3n) is 2.94. The third kappa shape index (κ3) is 3.05. The van der Waals surface area contributed by atoms with Crippen molar-refractivity contribution < 1.29 is 4.79 Å². The zero-order chi connectivity index (χ0) is 13.9. The summed E-state index contributed by atoms with van der Waals surface area (Å²) in [5, 5.41) is 6.78. The Morgan fingerprint density at radius 1 is 1.50 bits per heavy atom. The number of thiazole rings is 1. The van der Waals surface area contributed by atoms with Gasteiger partial charge in [-0.25, -0.2) is 4.98 Å². The van der Waals surface area contributed by atoms with Gasteiger partial charge in [-0.05, 0) is 24.5 Å². The number of nitrogens with one attached hydrogen (secondary N) is 2. The summed E-state index contributed by atoms with van der Waals surface area (Å²) in [4.78, 5) is 20.7. The minimum atomic E-state index is -0.201. The topological polar surface area (TPSA) is 92.9 Å². The molecular formula is C13H15N5OS. The quantitative estimate of drug-likeness (QED) is 0.778. The normalized spacial score (nSPS) is 14.0. The third-order valence-corrected chi connectivity index (χ3v) is 3.94. The van der Waals surface area contributed by atoms with Crippen LogP contribution < -0.4 is 16.4 Å². The number of carbonyl (C=O) groups excluding carboxylic acids is 1. The van der Waals surface area contributed by atoms with Gasteiger partial charge in [0.05, 0.1) is 0 Å². The van der Waals surface area contributed by atoms with Crippen LogP contribution in [0.25, 0.3) is 0 Å². The van der Waals surface area contributed by atoms with Gasteiger partial charge in [0.2, 0.25) is 0 Å². The molecule has 1 aliphatic carbocycles. The number of carbonyl (C=O) groups is 1. The van der Waals surface area contributed by atoms with Crippen LogP contribution in [-0.4, -0.2) is 21.9 Å². The number of nitrogen functional groups attached to an aromatic ring is 1. The van der Waals surface area contributed by atoms with Crippen LogP contribution in [-0.2, 0) is 6.54 Å². The molecule has 6 nitrogen and oxygen atoms in total. The van der Waals surface area contributed by atoms with Crippen LogP contribution in [0.4, 0.5) is 10.9 Å². The maximum Gasteiger partial charge on any atom is 0.265 e. The van der Waals surface area contributed by atoms with Crippen LogP contribution in [0.5, 0.6) is 0 Å². The van der Waals surface area contributed by atoms with Crippen LogP contribution in [0, 0.1) is 0 Å². The molecule has 0 bridgehead atoms. The average molecular weight is 289 g/mol. The summed E-state index contributed by atoms with van der Waals surface area (Å²) in [6.07, 6.45) is 5.72. The van der Waals surface area contributed by atoms with Gasteiger partial charge in [0.1, 0.15) is 10.7 Å². The number of hydrogen-bond donors (Lipinski definition) is 3. The molecule has 0 aliphatic heterocycles. The summed E-state index contributed by atoms with van der Waals surface area (Å²) in [6, 6.07) is 4.23. The number of aromatic nitrogens is 2. The molecule has 2 heterocycles. The molecule has 104 valence electrons. The molecule has 1 amide bonds. The van der Waals surface area contributed by atoms with Crippen molar-refractivity contribution >= 4 is 28.2 Å². The standard InChI is InChI=1S/C13H15N5OS/c14-11-10(20-13(18-11)17-9-3-4-9)12(19)16-7-8-2-1-5-15-6-8/h1-2,5-6,9H,3-4,7,14H2,(H,16,19)(H,17,18). The molecule has 0 atom stereocenters. The van der Waals surface area contributed by atoms with Crippen molar-refractivity contribution in [3.63, 3.8) is 0 Å². The minimum Gasteiger partial charge on any atom is -0.382 e. The average Bonchev–Trinajstić information content (AvgIpc) is 3.19. The van der Waals surface area contributed by atoms with Gasteiger partial charge in [0.25, 0.3) is 5.91 Å². The lowest BCUT2D eigenvalue weighted by Crippen LogP contribution is -2.22. The van der Waals surface area contributed by atoms with Crippen molar-refractivity contribution in [2.45, 2.75) is 25.4 Å². The van der Waals surface area contributed by atoms with Crippen LogP contribution >= 0.6 is 11.3 Å². The Balaban J connectivity index is 1.62. The molecule has 20 heavy (non-hydrogen) atoms. The number of hydrogen-bond acceptors (Lipinski definition) is 6. The monoisotopic (exact) mass is 289 g/mol. The molecule has 4 N–H and O–H groups in total. The number of nitrogens with zero attached hydrogens (tertiary/aromatic N) is 2. The number of anilines is 2. The number of amides is 1. The summed E-state index contributed by atoms with van der Waals surface area (Å²) in [5.74, 6) is 0.0783. The Morgan fingerprint density at radius 3 is 3.05 bits per heavy atom. The fraction of sp³-hybridized carbons (Fsp3) is 0.308. The van der Waals surface area contributed by atoms with Crippen LogP contribution in [0.1, 0.15) is 28.1 Å². The highest BCUT2D eigenvalue weighted by molar-refractivity contribution is 7.18. The number of nitrogens with two attached hydrogens (primary N) is 1. The van der Waals surface area contributed by atoms with E-state index in [-0.39, 0.29) is 11.7 Å². The van der Waals surface area contributed by atoms with E-state index in [4.69, 9.17) is 5.73 Å². The van der Waals surface area contributed by atoms with Crippen molar-refractivity contribution in [2.24, 2.45) is 0 Å². The van der Waals surface area contributed by atoms with Gasteiger partial charge in [0, 0.05) is 25.0 Å². The Labute approximate surface area is 120 Å². The van der Waals surface area contributed by atoms with Gasteiger partial charge in [0.15, 0.2) is 5.13 Å². The highest BCUT2D eigenvalue weighted by Gasteiger charge is 2.24. The smallest absolute Gasteiger partial charge is 0.265 e. The second-order valence-electron chi connectivity index (χ2n) is 4.70. The van der Waals surface area contributed by atoms with Crippen molar-refractivity contribution in [1.82, 2.24) is 15.3 Å². The van der Waals surface area contributed by atoms with Crippen molar-refractivity contribution in [2.75, 3.05) is 11.1 Å². The molecule has 2 aromatic heterocycles. The van der Waals surface area contributed by atoms with E-state index in [0.29, 0.717) is 17.5 Å². The number of pyridine rings is 1. The first-order valence-corrected chi connectivity index (χ1v) is 7.24. The first-order valence-electron chi connectivity index (χ1n) is 6.42. The molecule has 1 saturated carbocycles. The molecular weight excluding hydrogens is 274 g/mol. The zero-order valence-electron chi connectivity index (χ0n) is 10.8. The van der Waals surface area contributed by atoms with Crippen molar-refractivity contribution in [1.29, 1.82) is 0 Å². The minimum absolute atomic E-state index is 0.201. The van der Waals surface area contributed by atoms with E-state index < -0.39 is 0 Å². The van der Waals surface area contributed by atoms with E-state index in [1.54, 1.807) is 12.4 Å². The van der Waals surface area contributed by atoms with Gasteiger partial charge >= 0.3 is 0 Å². The lowest BCUT2D eigenvalue weighted by molar-refractivity contribution is 0.0955. The second kappa shape index (κ2) is 5.46. The van der Waals surface area contributed by atoms with Gasteiger partial charge in [-0.15, -0.1) is 0 Å². The first kappa shape index (κ1) is 12.9. The molecule has 1 aliphatic rings. The van der Waals surface area contributed by atoms with Crippen molar-refractivity contribution in [3.8, 4) is 0 Å². The Morgan fingerprint density at radius 2 is 2.35 bits per heavy atom. The molecule has 0 saturated heterocycles. The lowest BCUT2D eigenvalue weighted by Gasteiger charge is -2.03. The predicted octanol–water partition coefficient (Wildman–Crippen LogP) is 1.62. The van der Waals surface area contributed by atoms with E-state index in [2.05, 4.69) is 20.6 Å². The molecule has 7 heteroatoms. The van der Waals surface area contributed by atoms with E-state index in [1.165, 1.54) is 11.3 Å². The van der Waals surface area contributed by atoms with Crippen LogP contribution in [0.2, 0.25) is 0 Å². The lowest BCUT2D eigenvalue weighted by atomic mass is 10.3. The van der Waals surface area contributed by atoms with E-state index in [9.17, 15) is 4.79 Å². The van der Waals surface area contributed by atoms with Crippen molar-refractivity contribution in [3.05, 3.63) is 35.0 Å². The van der Waals surface area contributed by atoms with Crippen LogP contribution in [0.3, 0.4) is 0 Å². The Bertz CT molecular complexity index is 608. The molecule has 0 unspecified atom stereocenters.